The summed E-state index contributed by atoms with van der Waals surface area (Å²) in [6.07, 6.45) is 0. The van der Waals surface area contributed by atoms with Crippen LogP contribution in [0.4, 0.5) is 5.69 Å². The average Bonchev–Trinajstić information content (AvgIpc) is 2.65. The van der Waals surface area contributed by atoms with Crippen molar-refractivity contribution in [1.29, 1.82) is 0 Å². The molecule has 0 atom stereocenters. The van der Waals surface area contributed by atoms with E-state index in [1.807, 2.05) is 24.6 Å². The summed E-state index contributed by atoms with van der Waals surface area (Å²) in [5.74, 6) is -0.794. The van der Waals surface area contributed by atoms with E-state index in [0.717, 1.165) is 16.9 Å². The van der Waals surface area contributed by atoms with Crippen LogP contribution in [0.3, 0.4) is 0 Å². The van der Waals surface area contributed by atoms with Crippen molar-refractivity contribution >= 4 is 28.6 Å². The van der Waals surface area contributed by atoms with Crippen LogP contribution < -0.4 is 5.32 Å². The van der Waals surface area contributed by atoms with E-state index in [9.17, 15) is 9.59 Å². The molecule has 1 amide bonds. The van der Waals surface area contributed by atoms with Gasteiger partial charge in [0, 0.05) is 12.7 Å². The predicted octanol–water partition coefficient (Wildman–Crippen LogP) is 1.38. The number of imidazole rings is 1. The molecule has 6 nitrogen and oxygen atoms in total. The third-order valence-corrected chi connectivity index (χ3v) is 2.82. The molecule has 0 aliphatic rings. The van der Waals surface area contributed by atoms with E-state index in [-0.39, 0.29) is 6.61 Å². The van der Waals surface area contributed by atoms with Crippen LogP contribution in [-0.2, 0) is 21.4 Å². The second-order valence-electron chi connectivity index (χ2n) is 4.10. The molecule has 100 valence electrons. The van der Waals surface area contributed by atoms with Gasteiger partial charge >= 0.3 is 11.9 Å². The zero-order valence-electron chi connectivity index (χ0n) is 11.1. The molecule has 2 rings (SSSR count). The third kappa shape index (κ3) is 2.57. The molecule has 0 spiro atoms. The van der Waals surface area contributed by atoms with Crippen molar-refractivity contribution in [2.45, 2.75) is 13.8 Å². The van der Waals surface area contributed by atoms with E-state index in [1.165, 1.54) is 0 Å². The standard InChI is InChI=1S/C13H15N3O3/c1-4-19-13(18)12(17)15-9-5-6-11-10(7-9)14-8(2)16(11)3/h5-7H,4H2,1-3H3,(H,15,17). The first-order valence-electron chi connectivity index (χ1n) is 5.94. The second kappa shape index (κ2) is 5.09. The second-order valence-corrected chi connectivity index (χ2v) is 4.10. The molecule has 0 aliphatic carbocycles. The van der Waals surface area contributed by atoms with Crippen molar-refractivity contribution < 1.29 is 14.3 Å². The Labute approximate surface area is 110 Å². The molecule has 1 N–H and O–H groups in total. The van der Waals surface area contributed by atoms with Crippen LogP contribution in [-0.4, -0.2) is 28.0 Å². The Hall–Kier alpha value is -2.37. The lowest BCUT2D eigenvalue weighted by Gasteiger charge is -2.04. The number of nitrogens with one attached hydrogen (secondary N) is 1. The van der Waals surface area contributed by atoms with Crippen molar-refractivity contribution in [2.24, 2.45) is 7.05 Å². The van der Waals surface area contributed by atoms with Crippen molar-refractivity contribution in [1.82, 2.24) is 9.55 Å². The first-order chi connectivity index (χ1) is 9.02. The Morgan fingerprint density at radius 1 is 1.42 bits per heavy atom. The Bertz CT molecular complexity index is 646. The van der Waals surface area contributed by atoms with Gasteiger partial charge < -0.3 is 14.6 Å². The number of rotatable bonds is 2. The summed E-state index contributed by atoms with van der Waals surface area (Å²) in [5.41, 5.74) is 2.25. The molecule has 0 fully saturated rings. The van der Waals surface area contributed by atoms with Crippen LogP contribution in [0.15, 0.2) is 18.2 Å². The van der Waals surface area contributed by atoms with Crippen molar-refractivity contribution in [3.8, 4) is 0 Å². The van der Waals surface area contributed by atoms with Crippen LogP contribution in [0, 0.1) is 6.92 Å². The van der Waals surface area contributed by atoms with Crippen molar-refractivity contribution in [3.63, 3.8) is 0 Å². The van der Waals surface area contributed by atoms with Gasteiger partial charge in [0.25, 0.3) is 0 Å². The number of aromatic nitrogens is 2. The summed E-state index contributed by atoms with van der Waals surface area (Å²) in [6.45, 7) is 3.72. The number of ether oxygens (including phenoxy) is 1. The average molecular weight is 261 g/mol. The number of amides is 1. The van der Waals surface area contributed by atoms with E-state index in [2.05, 4.69) is 15.0 Å². The molecule has 1 heterocycles. The Balaban J connectivity index is 2.22. The first kappa shape index (κ1) is 13.1. The smallest absolute Gasteiger partial charge is 0.397 e. The van der Waals surface area contributed by atoms with Crippen molar-refractivity contribution in [3.05, 3.63) is 24.0 Å². The van der Waals surface area contributed by atoms with E-state index in [0.29, 0.717) is 5.69 Å². The summed E-state index contributed by atoms with van der Waals surface area (Å²) in [4.78, 5) is 27.1. The topological polar surface area (TPSA) is 73.2 Å². The molecule has 0 bridgehead atoms. The minimum atomic E-state index is -0.889. The highest BCUT2D eigenvalue weighted by Gasteiger charge is 2.15. The van der Waals surface area contributed by atoms with Gasteiger partial charge in [-0.1, -0.05) is 0 Å². The number of benzene rings is 1. The lowest BCUT2D eigenvalue weighted by molar-refractivity contribution is -0.152. The van der Waals surface area contributed by atoms with Gasteiger partial charge in [-0.3, -0.25) is 4.79 Å². The fourth-order valence-electron chi connectivity index (χ4n) is 1.78. The molecule has 6 heteroatoms. The number of aryl methyl sites for hydroxylation is 2. The minimum absolute atomic E-state index is 0.171. The molecular formula is C13H15N3O3. The summed E-state index contributed by atoms with van der Waals surface area (Å²) < 4.78 is 6.57. The molecule has 1 aromatic heterocycles. The lowest BCUT2D eigenvalue weighted by atomic mass is 10.2. The molecular weight excluding hydrogens is 246 g/mol. The number of fused-ring (bicyclic) bond motifs is 1. The maximum absolute atomic E-state index is 11.5. The van der Waals surface area contributed by atoms with Crippen LogP contribution in [0.2, 0.25) is 0 Å². The summed E-state index contributed by atoms with van der Waals surface area (Å²) in [6, 6.07) is 5.29. The highest BCUT2D eigenvalue weighted by atomic mass is 16.5. The van der Waals surface area contributed by atoms with Gasteiger partial charge in [-0.25, -0.2) is 9.78 Å². The summed E-state index contributed by atoms with van der Waals surface area (Å²) in [5, 5.41) is 2.48. The third-order valence-electron chi connectivity index (χ3n) is 2.82. The van der Waals surface area contributed by atoms with Gasteiger partial charge in [-0.15, -0.1) is 0 Å². The molecule has 1 aromatic carbocycles. The quantitative estimate of drug-likeness (QED) is 0.654. The maximum Gasteiger partial charge on any atom is 0.397 e. The van der Waals surface area contributed by atoms with Crippen LogP contribution in [0.5, 0.6) is 0 Å². The number of anilines is 1. The van der Waals surface area contributed by atoms with Gasteiger partial charge in [-0.2, -0.15) is 0 Å². The van der Waals surface area contributed by atoms with Crippen molar-refractivity contribution in [2.75, 3.05) is 11.9 Å². The highest BCUT2D eigenvalue weighted by Crippen LogP contribution is 2.19. The van der Waals surface area contributed by atoms with E-state index in [1.54, 1.807) is 19.1 Å². The zero-order chi connectivity index (χ0) is 14.0. The molecule has 0 saturated heterocycles. The summed E-state index contributed by atoms with van der Waals surface area (Å²) >= 11 is 0. The molecule has 0 saturated carbocycles. The van der Waals surface area contributed by atoms with Gasteiger partial charge in [0.05, 0.1) is 17.6 Å². The predicted molar refractivity (Wildman–Crippen MR) is 70.7 cm³/mol. The lowest BCUT2D eigenvalue weighted by Crippen LogP contribution is -2.24. The van der Waals surface area contributed by atoms with Gasteiger partial charge in [0.15, 0.2) is 0 Å². The number of nitrogens with zero attached hydrogens (tertiary/aromatic N) is 2. The number of carbonyl (C=O) groups is 2. The largest absolute Gasteiger partial charge is 0.459 e. The molecule has 0 aliphatic heterocycles. The Morgan fingerprint density at radius 2 is 2.16 bits per heavy atom. The normalized spacial score (nSPS) is 10.5. The highest BCUT2D eigenvalue weighted by molar-refractivity contribution is 6.37. The monoisotopic (exact) mass is 261 g/mol. The molecule has 2 aromatic rings. The van der Waals surface area contributed by atoms with Gasteiger partial charge in [-0.05, 0) is 32.0 Å². The fourth-order valence-corrected chi connectivity index (χ4v) is 1.78. The number of hydrogen-bond donors (Lipinski definition) is 1. The van der Waals surface area contributed by atoms with Crippen LogP contribution >= 0.6 is 0 Å². The van der Waals surface area contributed by atoms with E-state index < -0.39 is 11.9 Å². The number of hydrogen-bond acceptors (Lipinski definition) is 4. The Kier molecular flexibility index (Phi) is 3.50. The maximum atomic E-state index is 11.5. The summed E-state index contributed by atoms with van der Waals surface area (Å²) in [7, 11) is 1.92. The van der Waals surface area contributed by atoms with Crippen LogP contribution in [0.25, 0.3) is 11.0 Å². The fraction of sp³-hybridized carbons (Fsp3) is 0.308. The van der Waals surface area contributed by atoms with Gasteiger partial charge in [0.2, 0.25) is 0 Å². The zero-order valence-corrected chi connectivity index (χ0v) is 11.1. The van der Waals surface area contributed by atoms with Crippen LogP contribution in [0.1, 0.15) is 12.7 Å². The SMILES string of the molecule is CCOC(=O)C(=O)Nc1ccc2c(c1)nc(C)n2C. The Morgan fingerprint density at radius 3 is 2.84 bits per heavy atom. The first-order valence-corrected chi connectivity index (χ1v) is 5.94. The van der Waals surface area contributed by atoms with E-state index in [4.69, 9.17) is 0 Å². The molecule has 0 radical (unpaired) electrons. The molecule has 0 unspecified atom stereocenters. The minimum Gasteiger partial charge on any atom is -0.459 e. The number of carbonyl (C=O) groups excluding carboxylic acids is 2. The van der Waals surface area contributed by atoms with E-state index >= 15 is 0 Å². The number of esters is 1. The molecule has 19 heavy (non-hydrogen) atoms. The van der Waals surface area contributed by atoms with Gasteiger partial charge in [0.1, 0.15) is 5.82 Å².